The monoisotopic (exact) mass is 104 g/mol. The van der Waals surface area contributed by atoms with Crippen LogP contribution in [0.4, 0.5) is 0 Å². The van der Waals surface area contributed by atoms with Crippen molar-refractivity contribution in [3.8, 4) is 0 Å². The molecule has 0 saturated carbocycles. The van der Waals surface area contributed by atoms with Crippen molar-refractivity contribution in [2.75, 3.05) is 0 Å². The van der Waals surface area contributed by atoms with Crippen LogP contribution in [0, 0.1) is 6.92 Å². The van der Waals surface area contributed by atoms with Crippen LogP contribution in [-0.2, 0) is 0 Å². The van der Waals surface area contributed by atoms with E-state index in [1.165, 1.54) is 0 Å². The van der Waals surface area contributed by atoms with Crippen LogP contribution in [-0.4, -0.2) is 0 Å². The van der Waals surface area contributed by atoms with E-state index >= 15 is 0 Å². The van der Waals surface area contributed by atoms with Crippen LogP contribution >= 0.6 is 0 Å². The van der Waals surface area contributed by atoms with Gasteiger partial charge < -0.3 is 0 Å². The Hall–Kier alpha value is -1.04. The van der Waals surface area contributed by atoms with E-state index in [-0.39, 0.29) is 0 Å². The smallest absolute Gasteiger partial charge is 0.00852 e. The third-order valence-electron chi connectivity index (χ3n) is 1.07. The van der Waals surface area contributed by atoms with Crippen molar-refractivity contribution in [3.05, 3.63) is 43.3 Å². The highest BCUT2D eigenvalue weighted by Gasteiger charge is 1.81. The molecule has 0 nitrogen and oxygen atoms in total. The van der Waals surface area contributed by atoms with Gasteiger partial charge in [0.2, 0.25) is 0 Å². The predicted molar refractivity (Wildman–Crippen MR) is 36.4 cm³/mol. The van der Waals surface area contributed by atoms with Crippen molar-refractivity contribution >= 4 is 5.57 Å². The summed E-state index contributed by atoms with van der Waals surface area (Å²) in [6, 6.07) is 7.95. The molecule has 8 heavy (non-hydrogen) atoms. The second-order valence-electron chi connectivity index (χ2n) is 1.78. The number of rotatable bonds is 1. The van der Waals surface area contributed by atoms with Gasteiger partial charge in [-0.2, -0.15) is 18.2 Å². The minimum Gasteiger partial charge on any atom is -0.204 e. The summed E-state index contributed by atoms with van der Waals surface area (Å²) < 4.78 is 0. The molecule has 0 heteroatoms. The Balaban J connectivity index is 2.93. The van der Waals surface area contributed by atoms with Crippen molar-refractivity contribution in [1.82, 2.24) is 0 Å². The normalized spacial score (nSPS) is 9.00. The van der Waals surface area contributed by atoms with Gasteiger partial charge >= 0.3 is 0 Å². The quantitative estimate of drug-likeness (QED) is 0.479. The van der Waals surface area contributed by atoms with Gasteiger partial charge in [-0.15, -0.1) is 5.56 Å². The molecule has 0 saturated heterocycles. The third kappa shape index (κ3) is 0.784. The van der Waals surface area contributed by atoms with Crippen molar-refractivity contribution in [1.29, 1.82) is 0 Å². The van der Waals surface area contributed by atoms with Crippen LogP contribution in [0.15, 0.2) is 30.8 Å². The zero-order valence-corrected chi connectivity index (χ0v) is 4.72. The first-order valence-corrected chi connectivity index (χ1v) is 2.53. The van der Waals surface area contributed by atoms with Crippen LogP contribution in [0.1, 0.15) is 5.56 Å². The molecule has 0 heterocycles. The molecule has 0 bridgehead atoms. The van der Waals surface area contributed by atoms with Gasteiger partial charge in [-0.3, -0.25) is 0 Å². The molecule has 0 aliphatic carbocycles. The van der Waals surface area contributed by atoms with Crippen LogP contribution in [0.25, 0.3) is 5.57 Å². The Labute approximate surface area is 49.8 Å². The maximum Gasteiger partial charge on any atom is 0.00852 e. The number of hydrogen-bond donors (Lipinski definition) is 0. The SMILES string of the molecule is C=C([CH2+])c1cc[cH-]c1. The molecular formula is C8H8. The average molecular weight is 104 g/mol. The zero-order chi connectivity index (χ0) is 5.98. The molecule has 1 aromatic carbocycles. The fraction of sp³-hybridized carbons (Fsp3) is 0. The van der Waals surface area contributed by atoms with Gasteiger partial charge in [0.05, 0.1) is 0 Å². The minimum atomic E-state index is 0.884. The van der Waals surface area contributed by atoms with E-state index in [9.17, 15) is 0 Å². The standard InChI is InChI=1S/C8H8/c1-7(2)8-5-3-4-6-8/h3-6H,1-2H2. The van der Waals surface area contributed by atoms with Crippen LogP contribution in [0.5, 0.6) is 0 Å². The zero-order valence-electron chi connectivity index (χ0n) is 4.72. The molecule has 0 N–H and O–H groups in total. The molecule has 0 aromatic heterocycles. The summed E-state index contributed by atoms with van der Waals surface area (Å²) in [5.74, 6) is 0. The van der Waals surface area contributed by atoms with E-state index in [1.807, 2.05) is 24.3 Å². The molecule has 40 valence electrons. The van der Waals surface area contributed by atoms with Crippen LogP contribution < -0.4 is 0 Å². The first-order chi connectivity index (χ1) is 3.80. The van der Waals surface area contributed by atoms with Gasteiger partial charge in [0.25, 0.3) is 0 Å². The van der Waals surface area contributed by atoms with E-state index in [0.717, 1.165) is 11.1 Å². The second-order valence-corrected chi connectivity index (χ2v) is 1.78. The Kier molecular flexibility index (Phi) is 1.17. The highest BCUT2D eigenvalue weighted by atomic mass is 13.9. The molecule has 1 aromatic rings. The molecule has 0 spiro atoms. The summed E-state index contributed by atoms with van der Waals surface area (Å²) in [6.07, 6.45) is 0. The topological polar surface area (TPSA) is 0 Å². The van der Waals surface area contributed by atoms with Gasteiger partial charge in [0.1, 0.15) is 0 Å². The van der Waals surface area contributed by atoms with Crippen LogP contribution in [0.3, 0.4) is 0 Å². The van der Waals surface area contributed by atoms with E-state index in [4.69, 9.17) is 0 Å². The summed E-state index contributed by atoms with van der Waals surface area (Å²) >= 11 is 0. The van der Waals surface area contributed by atoms with Gasteiger partial charge in [-0.05, 0) is 13.5 Å². The van der Waals surface area contributed by atoms with Gasteiger partial charge in [-0.25, -0.2) is 6.07 Å². The Morgan fingerprint density at radius 3 is 2.75 bits per heavy atom. The molecule has 0 aliphatic heterocycles. The summed E-state index contributed by atoms with van der Waals surface area (Å²) in [7, 11) is 0. The predicted octanol–water partition coefficient (Wildman–Crippen LogP) is 2.25. The maximum atomic E-state index is 3.69. The lowest BCUT2D eigenvalue weighted by Crippen LogP contribution is -1.65. The number of allylic oxidation sites excluding steroid dienone is 1. The molecular weight excluding hydrogens is 96.1 g/mol. The molecule has 0 atom stereocenters. The summed E-state index contributed by atoms with van der Waals surface area (Å²) in [5, 5.41) is 0. The van der Waals surface area contributed by atoms with E-state index in [1.54, 1.807) is 0 Å². The largest absolute Gasteiger partial charge is 0.204 e. The summed E-state index contributed by atoms with van der Waals surface area (Å²) in [6.45, 7) is 7.37. The van der Waals surface area contributed by atoms with Gasteiger partial charge in [-0.1, -0.05) is 0 Å². The second kappa shape index (κ2) is 1.83. The number of hydrogen-bond acceptors (Lipinski definition) is 0. The van der Waals surface area contributed by atoms with E-state index in [2.05, 4.69) is 13.5 Å². The summed E-state index contributed by atoms with van der Waals surface area (Å²) in [5.41, 5.74) is 2.01. The first kappa shape index (κ1) is 5.10. The van der Waals surface area contributed by atoms with Crippen molar-refractivity contribution < 1.29 is 0 Å². The van der Waals surface area contributed by atoms with Crippen molar-refractivity contribution in [2.24, 2.45) is 0 Å². The minimum absolute atomic E-state index is 0.884. The lowest BCUT2D eigenvalue weighted by Gasteiger charge is -1.92. The highest BCUT2D eigenvalue weighted by molar-refractivity contribution is 5.66. The lowest BCUT2D eigenvalue weighted by molar-refractivity contribution is 1.80. The Morgan fingerprint density at radius 1 is 1.75 bits per heavy atom. The Morgan fingerprint density at radius 2 is 2.50 bits per heavy atom. The maximum absolute atomic E-state index is 3.69. The van der Waals surface area contributed by atoms with Crippen LogP contribution in [0.2, 0.25) is 0 Å². The highest BCUT2D eigenvalue weighted by Crippen LogP contribution is 2.09. The Bertz CT molecular complexity index is 168. The fourth-order valence-electron chi connectivity index (χ4n) is 0.610. The molecule has 0 radical (unpaired) electrons. The first-order valence-electron chi connectivity index (χ1n) is 2.53. The third-order valence-corrected chi connectivity index (χ3v) is 1.07. The molecule has 0 aliphatic rings. The van der Waals surface area contributed by atoms with Crippen molar-refractivity contribution in [3.63, 3.8) is 0 Å². The van der Waals surface area contributed by atoms with E-state index < -0.39 is 0 Å². The average Bonchev–Trinajstić information content (AvgIpc) is 2.12. The molecule has 1 rings (SSSR count). The van der Waals surface area contributed by atoms with Crippen molar-refractivity contribution in [2.45, 2.75) is 0 Å². The van der Waals surface area contributed by atoms with E-state index in [0.29, 0.717) is 0 Å². The lowest BCUT2D eigenvalue weighted by atomic mass is 10.2. The van der Waals surface area contributed by atoms with Gasteiger partial charge in [0, 0.05) is 5.57 Å². The fourth-order valence-corrected chi connectivity index (χ4v) is 0.610. The summed E-state index contributed by atoms with van der Waals surface area (Å²) in [4.78, 5) is 0. The molecule has 0 fully saturated rings. The molecule has 0 unspecified atom stereocenters. The molecule has 0 amide bonds. The van der Waals surface area contributed by atoms with Gasteiger partial charge in [0.15, 0.2) is 0 Å².